The van der Waals surface area contributed by atoms with Gasteiger partial charge in [0.15, 0.2) is 11.6 Å². The summed E-state index contributed by atoms with van der Waals surface area (Å²) in [5, 5.41) is 10.5. The Kier molecular flexibility index (Phi) is 8.94. The summed E-state index contributed by atoms with van der Waals surface area (Å²) < 4.78 is 47.6. The summed E-state index contributed by atoms with van der Waals surface area (Å²) in [4.78, 5) is 15.8. The molecule has 4 rings (SSSR count). The zero-order valence-electron chi connectivity index (χ0n) is 21.2. The molecule has 2 heterocycles. The zero-order chi connectivity index (χ0) is 28.7. The van der Waals surface area contributed by atoms with Crippen LogP contribution in [0.25, 0.3) is 17.0 Å². The summed E-state index contributed by atoms with van der Waals surface area (Å²) in [5.41, 5.74) is 0.861. The first-order valence-electron chi connectivity index (χ1n) is 11.9. The molecule has 0 radical (unpaired) electrons. The zero-order valence-corrected chi connectivity index (χ0v) is 21.9. The van der Waals surface area contributed by atoms with Crippen LogP contribution in [0.5, 0.6) is 6.01 Å². The van der Waals surface area contributed by atoms with Crippen LogP contribution >= 0.6 is 11.6 Å². The maximum Gasteiger partial charge on any atom is 0.416 e. The number of aromatic hydroxyl groups is 1. The standard InChI is InChI=1S/C30H22ClF3N4O2/c1-19(40-18-25-15-14-24(31)17-35-25)16-26(30(32,33)34)20(2)27-36-28(38-29(39)37-27)23-12-10-22(11-13-23)9-8-21-6-4-3-5-7-21/h3-7,10-17,19H,2,18H2,1H3,(H,36,37,38,39)/b26-16+. The van der Waals surface area contributed by atoms with Crippen molar-refractivity contribution in [3.05, 3.63) is 119 Å². The summed E-state index contributed by atoms with van der Waals surface area (Å²) in [6, 6.07) is 18.7. The molecule has 0 fully saturated rings. The number of halogens is 4. The fourth-order valence-corrected chi connectivity index (χ4v) is 3.59. The minimum absolute atomic E-state index is 0.0224. The molecule has 0 aliphatic rings. The number of rotatable bonds is 7. The van der Waals surface area contributed by atoms with Crippen molar-refractivity contribution in [3.63, 3.8) is 0 Å². The molecule has 2 aromatic carbocycles. The van der Waals surface area contributed by atoms with Crippen molar-refractivity contribution in [1.82, 2.24) is 19.9 Å². The Morgan fingerprint density at radius 1 is 1.00 bits per heavy atom. The number of pyridine rings is 1. The molecule has 4 aromatic rings. The Morgan fingerprint density at radius 3 is 2.30 bits per heavy atom. The van der Waals surface area contributed by atoms with Gasteiger partial charge in [0.2, 0.25) is 0 Å². The van der Waals surface area contributed by atoms with Gasteiger partial charge in [0.25, 0.3) is 0 Å². The van der Waals surface area contributed by atoms with E-state index in [1.165, 1.54) is 13.1 Å². The highest BCUT2D eigenvalue weighted by molar-refractivity contribution is 6.30. The van der Waals surface area contributed by atoms with Crippen LogP contribution in [-0.4, -0.2) is 37.3 Å². The average Bonchev–Trinajstić information content (AvgIpc) is 2.94. The molecule has 0 aliphatic heterocycles. The van der Waals surface area contributed by atoms with E-state index in [0.29, 0.717) is 21.8 Å². The van der Waals surface area contributed by atoms with Crippen LogP contribution in [0.3, 0.4) is 0 Å². The van der Waals surface area contributed by atoms with Crippen molar-refractivity contribution in [1.29, 1.82) is 0 Å². The molecule has 6 nitrogen and oxygen atoms in total. The minimum Gasteiger partial charge on any atom is -0.479 e. The highest BCUT2D eigenvalue weighted by Crippen LogP contribution is 2.35. The topological polar surface area (TPSA) is 81.0 Å². The number of alkyl halides is 3. The molecular weight excluding hydrogens is 541 g/mol. The first kappa shape index (κ1) is 28.5. The van der Waals surface area contributed by atoms with Gasteiger partial charge in [-0.1, -0.05) is 48.2 Å². The molecule has 0 saturated heterocycles. The van der Waals surface area contributed by atoms with Crippen LogP contribution in [0, 0.1) is 11.8 Å². The number of hydrogen-bond donors (Lipinski definition) is 1. The van der Waals surface area contributed by atoms with Crippen LogP contribution in [0.1, 0.15) is 29.6 Å². The van der Waals surface area contributed by atoms with E-state index in [1.807, 2.05) is 30.3 Å². The van der Waals surface area contributed by atoms with Crippen LogP contribution in [0.15, 0.2) is 91.2 Å². The van der Waals surface area contributed by atoms with Gasteiger partial charge in [-0.3, -0.25) is 4.98 Å². The molecular formula is C30H22ClF3N4O2. The third-order valence-electron chi connectivity index (χ3n) is 5.48. The largest absolute Gasteiger partial charge is 0.479 e. The Morgan fingerprint density at radius 2 is 1.68 bits per heavy atom. The number of ether oxygens (including phenoxy) is 1. The van der Waals surface area contributed by atoms with E-state index in [0.717, 1.165) is 11.6 Å². The second-order valence-corrected chi connectivity index (χ2v) is 8.95. The van der Waals surface area contributed by atoms with Gasteiger partial charge in [0.05, 0.1) is 29.0 Å². The molecule has 0 amide bonds. The lowest BCUT2D eigenvalue weighted by atomic mass is 10.0. The van der Waals surface area contributed by atoms with Crippen LogP contribution in [0.2, 0.25) is 5.02 Å². The van der Waals surface area contributed by atoms with Gasteiger partial charge in [-0.15, -0.1) is 0 Å². The number of nitrogens with zero attached hydrogens (tertiary/aromatic N) is 4. The van der Waals surface area contributed by atoms with E-state index in [4.69, 9.17) is 16.3 Å². The Bertz CT molecular complexity index is 1580. The third-order valence-corrected chi connectivity index (χ3v) is 5.70. The molecule has 2 aromatic heterocycles. The van der Waals surface area contributed by atoms with Crippen LogP contribution in [0.4, 0.5) is 13.2 Å². The maximum atomic E-state index is 14.0. The Balaban J connectivity index is 1.55. The molecule has 0 aliphatic carbocycles. The maximum absolute atomic E-state index is 14.0. The lowest BCUT2D eigenvalue weighted by Gasteiger charge is -2.17. The molecule has 10 heteroatoms. The predicted octanol–water partition coefficient (Wildman–Crippen LogP) is 6.80. The SMILES string of the molecule is C=C(/C(=C\C(C)OCc1ccc(Cl)cn1)C(F)(F)F)c1nc(O)nc(-c2ccc(C#Cc3ccccc3)cc2)n1. The normalized spacial score (nSPS) is 12.4. The van der Waals surface area contributed by atoms with Crippen molar-refractivity contribution in [2.45, 2.75) is 25.8 Å². The summed E-state index contributed by atoms with van der Waals surface area (Å²) in [6.07, 6.45) is -3.47. The van der Waals surface area contributed by atoms with E-state index in [1.54, 1.807) is 36.4 Å². The van der Waals surface area contributed by atoms with E-state index in [2.05, 4.69) is 38.4 Å². The number of aromatic nitrogens is 4. The van der Waals surface area contributed by atoms with Crippen molar-refractivity contribution in [2.75, 3.05) is 0 Å². The first-order chi connectivity index (χ1) is 19.1. The summed E-state index contributed by atoms with van der Waals surface area (Å²) in [5.74, 6) is 5.63. The first-order valence-corrected chi connectivity index (χ1v) is 12.3. The Labute approximate surface area is 233 Å². The molecule has 202 valence electrons. The quantitative estimate of drug-likeness (QED) is 0.197. The summed E-state index contributed by atoms with van der Waals surface area (Å²) >= 11 is 5.80. The highest BCUT2D eigenvalue weighted by Gasteiger charge is 2.37. The average molecular weight is 563 g/mol. The van der Waals surface area contributed by atoms with Crippen molar-refractivity contribution in [2.24, 2.45) is 0 Å². The molecule has 1 unspecified atom stereocenters. The molecule has 40 heavy (non-hydrogen) atoms. The molecule has 0 spiro atoms. The smallest absolute Gasteiger partial charge is 0.416 e. The number of hydrogen-bond acceptors (Lipinski definition) is 6. The van der Waals surface area contributed by atoms with Crippen LogP contribution in [-0.2, 0) is 11.3 Å². The fraction of sp³-hybridized carbons (Fsp3) is 0.133. The van der Waals surface area contributed by atoms with Crippen LogP contribution < -0.4 is 0 Å². The fourth-order valence-electron chi connectivity index (χ4n) is 3.48. The monoisotopic (exact) mass is 562 g/mol. The van der Waals surface area contributed by atoms with Gasteiger partial charge >= 0.3 is 12.2 Å². The lowest BCUT2D eigenvalue weighted by Crippen LogP contribution is -2.18. The Hall–Kier alpha value is -4.52. The summed E-state index contributed by atoms with van der Waals surface area (Å²) in [6.45, 7) is 4.98. The lowest BCUT2D eigenvalue weighted by molar-refractivity contribution is -0.0882. The van der Waals surface area contributed by atoms with Gasteiger partial charge < -0.3 is 9.84 Å². The molecule has 0 bridgehead atoms. The second kappa shape index (κ2) is 12.6. The molecule has 1 N–H and O–H groups in total. The minimum atomic E-state index is -4.80. The van der Waals surface area contributed by atoms with E-state index < -0.39 is 35.3 Å². The van der Waals surface area contributed by atoms with Gasteiger partial charge in [0, 0.05) is 28.5 Å². The van der Waals surface area contributed by atoms with Crippen molar-refractivity contribution in [3.8, 4) is 29.2 Å². The van der Waals surface area contributed by atoms with E-state index in [9.17, 15) is 18.3 Å². The number of allylic oxidation sites excluding steroid dienone is 2. The second-order valence-electron chi connectivity index (χ2n) is 8.52. The molecule has 1 atom stereocenters. The predicted molar refractivity (Wildman–Crippen MR) is 146 cm³/mol. The van der Waals surface area contributed by atoms with Gasteiger partial charge in [-0.25, -0.2) is 4.98 Å². The van der Waals surface area contributed by atoms with Gasteiger partial charge in [-0.05, 0) is 61.5 Å². The van der Waals surface area contributed by atoms with Crippen molar-refractivity contribution < 1.29 is 23.0 Å². The summed E-state index contributed by atoms with van der Waals surface area (Å²) in [7, 11) is 0. The van der Waals surface area contributed by atoms with E-state index >= 15 is 0 Å². The van der Waals surface area contributed by atoms with Gasteiger partial charge in [0.1, 0.15) is 0 Å². The highest BCUT2D eigenvalue weighted by atomic mass is 35.5. The van der Waals surface area contributed by atoms with E-state index in [-0.39, 0.29) is 12.4 Å². The van der Waals surface area contributed by atoms with Crippen molar-refractivity contribution >= 4 is 17.2 Å². The third kappa shape index (κ3) is 7.76. The van der Waals surface area contributed by atoms with Gasteiger partial charge in [-0.2, -0.15) is 23.1 Å². The molecule has 0 saturated carbocycles. The number of benzene rings is 2.